The molecule has 7 heteroatoms. The number of hydrogen-bond acceptors (Lipinski definition) is 5. The highest BCUT2D eigenvalue weighted by Crippen LogP contribution is 2.30. The van der Waals surface area contributed by atoms with Gasteiger partial charge in [-0.1, -0.05) is 36.4 Å². The zero-order valence-electron chi connectivity index (χ0n) is 17.9. The van der Waals surface area contributed by atoms with E-state index in [0.29, 0.717) is 23.0 Å². The minimum Gasteiger partial charge on any atom is -0.441 e. The Kier molecular flexibility index (Phi) is 6.18. The predicted molar refractivity (Wildman–Crippen MR) is 131 cm³/mol. The van der Waals surface area contributed by atoms with Crippen molar-refractivity contribution >= 4 is 52.5 Å². The van der Waals surface area contributed by atoms with Crippen LogP contribution in [0.1, 0.15) is 19.6 Å². The van der Waals surface area contributed by atoms with Gasteiger partial charge >= 0.3 is 0 Å². The zero-order chi connectivity index (χ0) is 22.7. The fourth-order valence-electron chi connectivity index (χ4n) is 3.61. The molecule has 2 amide bonds. The first kappa shape index (κ1) is 21.5. The summed E-state index contributed by atoms with van der Waals surface area (Å²) in [6.07, 6.45) is 1.49. The molecule has 4 rings (SSSR count). The van der Waals surface area contributed by atoms with Crippen LogP contribution in [-0.4, -0.2) is 30.0 Å². The average molecular weight is 446 g/mol. The molecule has 6 nitrogen and oxygen atoms in total. The van der Waals surface area contributed by atoms with E-state index in [4.69, 9.17) is 16.6 Å². The van der Waals surface area contributed by atoms with Gasteiger partial charge < -0.3 is 9.32 Å². The Hall–Kier alpha value is -3.71. The van der Waals surface area contributed by atoms with Crippen molar-refractivity contribution in [2.75, 3.05) is 27.8 Å². The number of para-hydroxylation sites is 2. The quantitative estimate of drug-likeness (QED) is 0.308. The molecule has 0 spiro atoms. The Balaban J connectivity index is 1.80. The Morgan fingerprint density at radius 1 is 0.812 bits per heavy atom. The van der Waals surface area contributed by atoms with E-state index < -0.39 is 11.8 Å². The van der Waals surface area contributed by atoms with Crippen LogP contribution in [0.5, 0.6) is 0 Å². The summed E-state index contributed by atoms with van der Waals surface area (Å²) in [4.78, 5) is 31.7. The third-order valence-corrected chi connectivity index (χ3v) is 5.62. The number of rotatable bonds is 6. The summed E-state index contributed by atoms with van der Waals surface area (Å²) < 4.78 is 5.91. The summed E-state index contributed by atoms with van der Waals surface area (Å²) >= 11 is 5.61. The van der Waals surface area contributed by atoms with Crippen molar-refractivity contribution in [3.8, 4) is 0 Å². The normalized spacial score (nSPS) is 14.2. The molecule has 1 aliphatic heterocycles. The number of carbonyl (C=O) groups excluding carboxylic acids is 2. The summed E-state index contributed by atoms with van der Waals surface area (Å²) in [5, 5.41) is 0.109. The lowest BCUT2D eigenvalue weighted by atomic mass is 10.1. The van der Waals surface area contributed by atoms with Crippen LogP contribution in [0.4, 0.5) is 17.3 Å². The van der Waals surface area contributed by atoms with Gasteiger partial charge in [0.25, 0.3) is 11.8 Å². The number of hydrogen-bond donors (Lipinski definition) is 0. The smallest absolute Gasteiger partial charge is 0.270 e. The highest BCUT2D eigenvalue weighted by Gasteiger charge is 2.41. The third kappa shape index (κ3) is 3.94. The molecule has 0 radical (unpaired) electrons. The lowest BCUT2D eigenvalue weighted by molar-refractivity contribution is -0.120. The van der Waals surface area contributed by atoms with Crippen molar-refractivity contribution < 1.29 is 14.0 Å². The SMILES string of the molecule is CCN(CC)c1ccc(C=C2C(=O)N(c3ccccc3)C(=S)N(c3ccccc3)C2=O)o1. The molecule has 0 bridgehead atoms. The first-order valence-corrected chi connectivity index (χ1v) is 10.9. The van der Waals surface area contributed by atoms with Crippen LogP contribution in [0, 0.1) is 0 Å². The molecular formula is C25H23N3O3S. The van der Waals surface area contributed by atoms with Crippen molar-refractivity contribution in [3.63, 3.8) is 0 Å². The van der Waals surface area contributed by atoms with E-state index in [0.717, 1.165) is 13.1 Å². The maximum absolute atomic E-state index is 13.5. The number of nitrogens with zero attached hydrogens (tertiary/aromatic N) is 3. The molecule has 3 aromatic rings. The lowest BCUT2D eigenvalue weighted by Gasteiger charge is -2.36. The highest BCUT2D eigenvalue weighted by atomic mass is 32.1. The first-order chi connectivity index (χ1) is 15.5. The predicted octanol–water partition coefficient (Wildman–Crippen LogP) is 4.87. The molecule has 0 saturated carbocycles. The van der Waals surface area contributed by atoms with Gasteiger partial charge in [0, 0.05) is 19.2 Å². The summed E-state index contributed by atoms with van der Waals surface area (Å²) in [5.41, 5.74) is 1.15. The van der Waals surface area contributed by atoms with Gasteiger partial charge in [-0.15, -0.1) is 0 Å². The van der Waals surface area contributed by atoms with Crippen LogP contribution >= 0.6 is 12.2 Å². The van der Waals surface area contributed by atoms with E-state index in [9.17, 15) is 9.59 Å². The molecule has 0 unspecified atom stereocenters. The van der Waals surface area contributed by atoms with Gasteiger partial charge in [-0.25, -0.2) is 0 Å². The van der Waals surface area contributed by atoms with Gasteiger partial charge in [-0.3, -0.25) is 19.4 Å². The Labute approximate surface area is 192 Å². The maximum atomic E-state index is 13.5. The Bertz CT molecular complexity index is 1100. The minimum absolute atomic E-state index is 0.0215. The molecule has 0 aliphatic carbocycles. The van der Waals surface area contributed by atoms with Crippen LogP contribution in [0.25, 0.3) is 6.08 Å². The van der Waals surface area contributed by atoms with Crippen molar-refractivity contribution in [1.82, 2.24) is 0 Å². The van der Waals surface area contributed by atoms with E-state index in [1.807, 2.05) is 61.2 Å². The zero-order valence-corrected chi connectivity index (χ0v) is 18.7. The summed E-state index contributed by atoms with van der Waals surface area (Å²) in [6, 6.07) is 21.7. The van der Waals surface area contributed by atoms with Gasteiger partial charge in [0.2, 0.25) is 0 Å². The molecule has 32 heavy (non-hydrogen) atoms. The number of thiocarbonyl (C=S) groups is 1. The van der Waals surface area contributed by atoms with Gasteiger partial charge in [0.15, 0.2) is 11.0 Å². The second-order valence-electron chi connectivity index (χ2n) is 7.14. The van der Waals surface area contributed by atoms with E-state index >= 15 is 0 Å². The summed E-state index contributed by atoms with van der Waals surface area (Å²) in [5.74, 6) is 0.142. The molecular weight excluding hydrogens is 422 g/mol. The largest absolute Gasteiger partial charge is 0.441 e. The van der Waals surface area contributed by atoms with Crippen LogP contribution in [0.3, 0.4) is 0 Å². The van der Waals surface area contributed by atoms with Crippen LogP contribution in [-0.2, 0) is 9.59 Å². The van der Waals surface area contributed by atoms with Crippen molar-refractivity contribution in [1.29, 1.82) is 0 Å². The van der Waals surface area contributed by atoms with E-state index in [1.165, 1.54) is 15.9 Å². The topological polar surface area (TPSA) is 57.0 Å². The second kappa shape index (κ2) is 9.20. The monoisotopic (exact) mass is 445 g/mol. The maximum Gasteiger partial charge on any atom is 0.270 e. The number of benzene rings is 2. The van der Waals surface area contributed by atoms with Crippen molar-refractivity contribution in [3.05, 3.63) is 84.1 Å². The number of carbonyl (C=O) groups is 2. The van der Waals surface area contributed by atoms with E-state index in [-0.39, 0.29) is 10.7 Å². The Morgan fingerprint density at radius 2 is 1.31 bits per heavy atom. The third-order valence-electron chi connectivity index (χ3n) is 5.25. The molecule has 1 aliphatic rings. The van der Waals surface area contributed by atoms with Crippen LogP contribution < -0.4 is 14.7 Å². The highest BCUT2D eigenvalue weighted by molar-refractivity contribution is 7.81. The van der Waals surface area contributed by atoms with E-state index in [1.54, 1.807) is 30.3 Å². The number of furan rings is 1. The molecule has 2 aromatic carbocycles. The molecule has 162 valence electrons. The number of amides is 2. The fraction of sp³-hybridized carbons (Fsp3) is 0.160. The molecule has 2 heterocycles. The fourth-order valence-corrected chi connectivity index (χ4v) is 3.98. The van der Waals surface area contributed by atoms with Crippen LogP contribution in [0.15, 0.2) is 82.8 Å². The molecule has 0 N–H and O–H groups in total. The average Bonchev–Trinajstić information content (AvgIpc) is 3.27. The minimum atomic E-state index is -0.487. The molecule has 1 fully saturated rings. The van der Waals surface area contributed by atoms with Gasteiger partial charge in [-0.2, -0.15) is 0 Å². The van der Waals surface area contributed by atoms with Gasteiger partial charge in [0.1, 0.15) is 11.3 Å². The molecule has 1 saturated heterocycles. The lowest BCUT2D eigenvalue weighted by Crippen LogP contribution is -2.56. The van der Waals surface area contributed by atoms with Crippen LogP contribution in [0.2, 0.25) is 0 Å². The van der Waals surface area contributed by atoms with E-state index in [2.05, 4.69) is 0 Å². The first-order valence-electron chi connectivity index (χ1n) is 10.4. The molecule has 1 aromatic heterocycles. The van der Waals surface area contributed by atoms with Gasteiger partial charge in [0.05, 0.1) is 11.4 Å². The standard InChI is InChI=1S/C25H23N3O3S/c1-3-26(4-2)22-16-15-20(31-22)17-21-23(29)27(18-11-7-5-8-12-18)25(32)28(24(21)30)19-13-9-6-10-14-19/h5-17H,3-4H2,1-2H3. The van der Waals surface area contributed by atoms with Crippen molar-refractivity contribution in [2.45, 2.75) is 13.8 Å². The second-order valence-corrected chi connectivity index (χ2v) is 7.51. The van der Waals surface area contributed by atoms with Gasteiger partial charge in [-0.05, 0) is 62.5 Å². The Morgan fingerprint density at radius 3 is 1.78 bits per heavy atom. The van der Waals surface area contributed by atoms with Crippen molar-refractivity contribution in [2.24, 2.45) is 0 Å². The summed E-state index contributed by atoms with van der Waals surface area (Å²) in [7, 11) is 0. The summed E-state index contributed by atoms with van der Waals surface area (Å²) in [6.45, 7) is 5.65. The number of anilines is 3. The molecule has 0 atom stereocenters.